The van der Waals surface area contributed by atoms with Crippen molar-refractivity contribution in [3.8, 4) is 11.8 Å². The quantitative estimate of drug-likeness (QED) is 0.658. The zero-order valence-electron chi connectivity index (χ0n) is 16.0. The lowest BCUT2D eigenvalue weighted by atomic mass is 10.1. The highest BCUT2D eigenvalue weighted by Gasteiger charge is 2.17. The maximum atomic E-state index is 12.7. The summed E-state index contributed by atoms with van der Waals surface area (Å²) in [7, 11) is 0. The molecule has 0 saturated carbocycles. The van der Waals surface area contributed by atoms with E-state index in [-0.39, 0.29) is 24.7 Å². The standard InChI is InChI=1S/C22H24N2O3/c1-4-21(25)18-7-10-20(11-8-18)27-15-22(26)24(13-5-12-23)19-9-6-16(2)17(3)14-19/h6-11,14H,4-5,13,15H2,1-3H3. The number of amides is 1. The fraction of sp³-hybridized carbons (Fsp3) is 0.318. The summed E-state index contributed by atoms with van der Waals surface area (Å²) in [6, 6.07) is 14.6. The second kappa shape index (κ2) is 9.54. The van der Waals surface area contributed by atoms with Crippen LogP contribution >= 0.6 is 0 Å². The van der Waals surface area contributed by atoms with E-state index in [2.05, 4.69) is 6.07 Å². The molecule has 0 spiro atoms. The maximum Gasteiger partial charge on any atom is 0.264 e. The van der Waals surface area contributed by atoms with Crippen LogP contribution in [0.3, 0.4) is 0 Å². The van der Waals surface area contributed by atoms with E-state index in [9.17, 15) is 9.59 Å². The number of ether oxygens (including phenoxy) is 1. The van der Waals surface area contributed by atoms with E-state index in [0.29, 0.717) is 24.3 Å². The first-order valence-corrected chi connectivity index (χ1v) is 8.97. The molecule has 2 rings (SSSR count). The molecule has 0 aromatic heterocycles. The summed E-state index contributed by atoms with van der Waals surface area (Å²) in [5.41, 5.74) is 3.61. The van der Waals surface area contributed by atoms with Gasteiger partial charge in [0, 0.05) is 24.2 Å². The summed E-state index contributed by atoms with van der Waals surface area (Å²) in [4.78, 5) is 25.9. The molecule has 0 bridgehead atoms. The molecule has 0 N–H and O–H groups in total. The minimum absolute atomic E-state index is 0.0649. The molecular formula is C22H24N2O3. The van der Waals surface area contributed by atoms with Crippen molar-refractivity contribution in [1.82, 2.24) is 0 Å². The van der Waals surface area contributed by atoms with Crippen LogP contribution in [0, 0.1) is 25.2 Å². The number of ketones is 1. The average Bonchev–Trinajstić information content (AvgIpc) is 2.69. The first-order chi connectivity index (χ1) is 13.0. The van der Waals surface area contributed by atoms with E-state index >= 15 is 0 Å². The van der Waals surface area contributed by atoms with Crippen molar-refractivity contribution < 1.29 is 14.3 Å². The van der Waals surface area contributed by atoms with Gasteiger partial charge in [0.25, 0.3) is 5.91 Å². The highest BCUT2D eigenvalue weighted by Crippen LogP contribution is 2.20. The third-order valence-electron chi connectivity index (χ3n) is 4.41. The van der Waals surface area contributed by atoms with Crippen LogP contribution in [0.1, 0.15) is 41.3 Å². The number of anilines is 1. The number of rotatable bonds is 8. The van der Waals surface area contributed by atoms with Gasteiger partial charge in [0.05, 0.1) is 12.5 Å². The number of hydrogen-bond donors (Lipinski definition) is 0. The van der Waals surface area contributed by atoms with Gasteiger partial charge in [-0.25, -0.2) is 0 Å². The molecule has 0 radical (unpaired) electrons. The van der Waals surface area contributed by atoms with E-state index in [1.807, 2.05) is 39.0 Å². The Morgan fingerprint density at radius 2 is 1.78 bits per heavy atom. The fourth-order valence-corrected chi connectivity index (χ4v) is 2.62. The lowest BCUT2D eigenvalue weighted by molar-refractivity contribution is -0.120. The Morgan fingerprint density at radius 3 is 2.37 bits per heavy atom. The van der Waals surface area contributed by atoms with E-state index < -0.39 is 0 Å². The largest absolute Gasteiger partial charge is 0.484 e. The molecule has 0 atom stereocenters. The second-order valence-corrected chi connectivity index (χ2v) is 6.31. The molecule has 0 aliphatic rings. The van der Waals surface area contributed by atoms with Gasteiger partial charge in [0.15, 0.2) is 12.4 Å². The molecule has 1 amide bonds. The van der Waals surface area contributed by atoms with Gasteiger partial charge < -0.3 is 9.64 Å². The van der Waals surface area contributed by atoms with Gasteiger partial charge >= 0.3 is 0 Å². The minimum atomic E-state index is -0.220. The van der Waals surface area contributed by atoms with Gasteiger partial charge in [-0.1, -0.05) is 13.0 Å². The maximum absolute atomic E-state index is 12.7. The smallest absolute Gasteiger partial charge is 0.264 e. The van der Waals surface area contributed by atoms with Gasteiger partial charge in [-0.3, -0.25) is 9.59 Å². The molecular weight excluding hydrogens is 340 g/mol. The Kier molecular flexibility index (Phi) is 7.13. The molecule has 5 heteroatoms. The number of nitriles is 1. The first-order valence-electron chi connectivity index (χ1n) is 8.97. The van der Waals surface area contributed by atoms with Gasteiger partial charge in [-0.15, -0.1) is 0 Å². The van der Waals surface area contributed by atoms with E-state index in [1.54, 1.807) is 29.2 Å². The Labute approximate surface area is 160 Å². The van der Waals surface area contributed by atoms with Gasteiger partial charge in [-0.05, 0) is 61.4 Å². The highest BCUT2D eigenvalue weighted by molar-refractivity contribution is 5.96. The predicted molar refractivity (Wildman–Crippen MR) is 105 cm³/mol. The molecule has 0 aliphatic heterocycles. The molecule has 0 fully saturated rings. The molecule has 0 saturated heterocycles. The summed E-state index contributed by atoms with van der Waals surface area (Å²) in [5, 5.41) is 8.89. The van der Waals surface area contributed by atoms with Crippen LogP contribution in [0.4, 0.5) is 5.69 Å². The molecule has 140 valence electrons. The molecule has 0 unspecified atom stereocenters. The van der Waals surface area contributed by atoms with E-state index in [1.165, 1.54) is 0 Å². The van der Waals surface area contributed by atoms with E-state index in [0.717, 1.165) is 16.8 Å². The first kappa shape index (κ1) is 20.2. The molecule has 5 nitrogen and oxygen atoms in total. The monoisotopic (exact) mass is 364 g/mol. The third-order valence-corrected chi connectivity index (χ3v) is 4.41. The number of benzene rings is 2. The van der Waals surface area contributed by atoms with Crippen LogP contribution in [0.15, 0.2) is 42.5 Å². The van der Waals surface area contributed by atoms with Crippen molar-refractivity contribution in [3.05, 3.63) is 59.2 Å². The normalized spacial score (nSPS) is 10.1. The summed E-state index contributed by atoms with van der Waals surface area (Å²) >= 11 is 0. The lowest BCUT2D eigenvalue weighted by Gasteiger charge is -2.23. The molecule has 2 aromatic carbocycles. The zero-order valence-corrected chi connectivity index (χ0v) is 16.0. The van der Waals surface area contributed by atoms with E-state index in [4.69, 9.17) is 10.00 Å². The van der Waals surface area contributed by atoms with Crippen molar-refractivity contribution in [1.29, 1.82) is 5.26 Å². The van der Waals surface area contributed by atoms with Crippen LogP contribution < -0.4 is 9.64 Å². The fourth-order valence-electron chi connectivity index (χ4n) is 2.62. The van der Waals surface area contributed by atoms with Crippen LogP contribution in [-0.4, -0.2) is 24.8 Å². The van der Waals surface area contributed by atoms with Crippen molar-refractivity contribution in [3.63, 3.8) is 0 Å². The van der Waals surface area contributed by atoms with Crippen LogP contribution in [0.25, 0.3) is 0 Å². The number of aryl methyl sites for hydroxylation is 2. The zero-order chi connectivity index (χ0) is 19.8. The summed E-state index contributed by atoms with van der Waals surface area (Å²) < 4.78 is 5.59. The van der Waals surface area contributed by atoms with Crippen LogP contribution in [0.2, 0.25) is 0 Å². The SMILES string of the molecule is CCC(=O)c1ccc(OCC(=O)N(CCC#N)c2ccc(C)c(C)c2)cc1. The Balaban J connectivity index is 2.08. The van der Waals surface area contributed by atoms with Crippen molar-refractivity contribution in [2.24, 2.45) is 0 Å². The number of Topliss-reactive ketones (excluding diaryl/α,β-unsaturated/α-hetero) is 1. The average molecular weight is 364 g/mol. The van der Waals surface area contributed by atoms with Crippen LogP contribution in [0.5, 0.6) is 5.75 Å². The van der Waals surface area contributed by atoms with Crippen LogP contribution in [-0.2, 0) is 4.79 Å². The molecule has 27 heavy (non-hydrogen) atoms. The summed E-state index contributed by atoms with van der Waals surface area (Å²) in [5.74, 6) is 0.369. The Bertz CT molecular complexity index is 851. The predicted octanol–water partition coefficient (Wildman–Crippen LogP) is 4.22. The highest BCUT2D eigenvalue weighted by atomic mass is 16.5. The third kappa shape index (κ3) is 5.42. The van der Waals surface area contributed by atoms with Gasteiger partial charge in [0.1, 0.15) is 5.75 Å². The number of nitrogens with zero attached hydrogens (tertiary/aromatic N) is 2. The molecule has 2 aromatic rings. The Morgan fingerprint density at radius 1 is 1.07 bits per heavy atom. The van der Waals surface area contributed by atoms with Crippen molar-refractivity contribution in [2.75, 3.05) is 18.1 Å². The number of carbonyl (C=O) groups excluding carboxylic acids is 2. The molecule has 0 heterocycles. The second-order valence-electron chi connectivity index (χ2n) is 6.31. The summed E-state index contributed by atoms with van der Waals surface area (Å²) in [6.45, 7) is 5.98. The van der Waals surface area contributed by atoms with Crippen molar-refractivity contribution >= 4 is 17.4 Å². The molecule has 0 aliphatic carbocycles. The lowest BCUT2D eigenvalue weighted by Crippen LogP contribution is -2.35. The minimum Gasteiger partial charge on any atom is -0.484 e. The van der Waals surface area contributed by atoms with Gasteiger partial charge in [0.2, 0.25) is 0 Å². The number of carbonyl (C=O) groups is 2. The van der Waals surface area contributed by atoms with Crippen molar-refractivity contribution in [2.45, 2.75) is 33.6 Å². The number of hydrogen-bond acceptors (Lipinski definition) is 4. The van der Waals surface area contributed by atoms with Gasteiger partial charge in [-0.2, -0.15) is 5.26 Å². The topological polar surface area (TPSA) is 70.4 Å². The Hall–Kier alpha value is -3.13. The summed E-state index contributed by atoms with van der Waals surface area (Å²) in [6.07, 6.45) is 0.689.